The molecule has 0 aliphatic carbocycles. The fraction of sp³-hybridized carbons (Fsp3) is 0.904. The van der Waals surface area contributed by atoms with Crippen molar-refractivity contribution in [2.45, 2.75) is 469 Å². The lowest BCUT2D eigenvalue weighted by Gasteiger charge is -2.20. The third kappa shape index (κ3) is 75.0. The maximum Gasteiger partial charge on any atom is 0.305 e. The predicted molar refractivity (Wildman–Crippen MR) is 393 cm³/mol. The van der Waals surface area contributed by atoms with Crippen LogP contribution in [0.4, 0.5) is 0 Å². The second-order valence-corrected chi connectivity index (χ2v) is 28.1. The molecule has 0 aliphatic heterocycles. The molecule has 0 rings (SSSR count). The van der Waals surface area contributed by atoms with Gasteiger partial charge in [-0.3, -0.25) is 9.59 Å². The van der Waals surface area contributed by atoms with Crippen LogP contribution < -0.4 is 5.32 Å². The topological polar surface area (TPSA) is 95.9 Å². The number of esters is 1. The summed E-state index contributed by atoms with van der Waals surface area (Å²) in [5, 5.41) is 23.2. The monoisotopic (exact) mass is 1250 g/mol. The van der Waals surface area contributed by atoms with Gasteiger partial charge < -0.3 is 20.3 Å². The van der Waals surface area contributed by atoms with Crippen LogP contribution in [0, 0.1) is 0 Å². The van der Waals surface area contributed by atoms with E-state index in [9.17, 15) is 19.8 Å². The van der Waals surface area contributed by atoms with E-state index in [4.69, 9.17) is 4.74 Å². The minimum atomic E-state index is -0.842. The van der Waals surface area contributed by atoms with Gasteiger partial charge in [0.25, 0.3) is 0 Å². The molecule has 0 aromatic rings. The molecule has 0 heterocycles. The summed E-state index contributed by atoms with van der Waals surface area (Å²) in [4.78, 5) is 24.6. The molecular weight excluding hydrogens is 1090 g/mol. The van der Waals surface area contributed by atoms with E-state index in [1.54, 1.807) is 6.08 Å². The highest BCUT2D eigenvalue weighted by atomic mass is 16.5. The molecule has 3 N–H and O–H groups in total. The molecule has 0 saturated carbocycles. The molecule has 0 aliphatic rings. The number of hydrogen-bond acceptors (Lipinski definition) is 5. The molecule has 6 nitrogen and oxygen atoms in total. The summed E-state index contributed by atoms with van der Waals surface area (Å²) in [5.41, 5.74) is 0. The first-order chi connectivity index (χ1) is 44.0. The zero-order valence-corrected chi connectivity index (χ0v) is 60.4. The van der Waals surface area contributed by atoms with E-state index in [0.29, 0.717) is 19.4 Å². The van der Waals surface area contributed by atoms with Crippen molar-refractivity contribution in [2.24, 2.45) is 0 Å². The van der Waals surface area contributed by atoms with Crippen molar-refractivity contribution in [3.05, 3.63) is 36.5 Å². The Balaban J connectivity index is 3.34. The summed E-state index contributed by atoms with van der Waals surface area (Å²) < 4.78 is 5.52. The molecule has 0 bridgehead atoms. The van der Waals surface area contributed by atoms with Crippen molar-refractivity contribution in [3.8, 4) is 0 Å². The van der Waals surface area contributed by atoms with E-state index in [0.717, 1.165) is 44.9 Å². The second-order valence-electron chi connectivity index (χ2n) is 28.1. The molecule has 0 spiro atoms. The van der Waals surface area contributed by atoms with E-state index < -0.39 is 12.1 Å². The van der Waals surface area contributed by atoms with Gasteiger partial charge >= 0.3 is 5.97 Å². The number of allylic oxidation sites excluding steroid dienone is 5. The van der Waals surface area contributed by atoms with Crippen molar-refractivity contribution in [1.29, 1.82) is 0 Å². The lowest BCUT2D eigenvalue weighted by molar-refractivity contribution is -0.143. The fourth-order valence-electron chi connectivity index (χ4n) is 13.0. The molecule has 1 amide bonds. The smallest absolute Gasteiger partial charge is 0.305 e. The van der Waals surface area contributed by atoms with E-state index in [1.165, 1.54) is 385 Å². The average Bonchev–Trinajstić information content (AvgIpc) is 3.63. The Bertz CT molecular complexity index is 1440. The number of carbonyl (C=O) groups is 2. The maximum atomic E-state index is 12.5. The number of aliphatic hydroxyl groups is 2. The highest BCUT2D eigenvalue weighted by Gasteiger charge is 2.18. The number of carbonyl (C=O) groups excluding carboxylic acids is 2. The molecule has 0 fully saturated rings. The Morgan fingerprint density at radius 3 is 0.854 bits per heavy atom. The molecule has 89 heavy (non-hydrogen) atoms. The first-order valence-corrected chi connectivity index (χ1v) is 40.8. The summed E-state index contributed by atoms with van der Waals surface area (Å²) in [5.74, 6) is -0.0368. The summed E-state index contributed by atoms with van der Waals surface area (Å²) in [7, 11) is 0. The van der Waals surface area contributed by atoms with E-state index >= 15 is 0 Å². The minimum Gasteiger partial charge on any atom is -0.466 e. The van der Waals surface area contributed by atoms with Crippen molar-refractivity contribution >= 4 is 11.9 Å². The van der Waals surface area contributed by atoms with Crippen LogP contribution in [-0.2, 0) is 14.3 Å². The van der Waals surface area contributed by atoms with Gasteiger partial charge in [-0.15, -0.1) is 0 Å². The molecule has 526 valence electrons. The van der Waals surface area contributed by atoms with Crippen LogP contribution in [0.25, 0.3) is 0 Å². The van der Waals surface area contributed by atoms with Gasteiger partial charge in [0.1, 0.15) is 0 Å². The molecule has 0 saturated heterocycles. The zero-order chi connectivity index (χ0) is 64.2. The van der Waals surface area contributed by atoms with Crippen LogP contribution in [0.5, 0.6) is 0 Å². The van der Waals surface area contributed by atoms with Crippen molar-refractivity contribution in [3.63, 3.8) is 0 Å². The summed E-state index contributed by atoms with van der Waals surface area (Å²) >= 11 is 0. The Kier molecular flexibility index (Phi) is 76.8. The molecular formula is C83H159NO5. The Labute approximate surface area is 557 Å². The van der Waals surface area contributed by atoms with Gasteiger partial charge in [-0.25, -0.2) is 0 Å². The summed E-state index contributed by atoms with van der Waals surface area (Å²) in [6, 6.07) is -0.625. The van der Waals surface area contributed by atoms with Crippen LogP contribution in [-0.4, -0.2) is 47.4 Å². The number of ether oxygens (including phenoxy) is 1. The Morgan fingerprint density at radius 1 is 0.315 bits per heavy atom. The molecule has 0 aromatic heterocycles. The summed E-state index contributed by atoms with van der Waals surface area (Å²) in [6.07, 6.45) is 103. The predicted octanol–water partition coefficient (Wildman–Crippen LogP) is 27.0. The molecule has 0 aromatic carbocycles. The van der Waals surface area contributed by atoms with Crippen molar-refractivity contribution in [1.82, 2.24) is 5.32 Å². The Hall–Kier alpha value is -1.92. The lowest BCUT2D eigenvalue weighted by Crippen LogP contribution is -2.45. The van der Waals surface area contributed by atoms with Gasteiger partial charge in [0.15, 0.2) is 0 Å². The van der Waals surface area contributed by atoms with Crippen LogP contribution in [0.3, 0.4) is 0 Å². The van der Waals surface area contributed by atoms with E-state index in [2.05, 4.69) is 43.5 Å². The number of hydrogen-bond donors (Lipinski definition) is 3. The normalized spacial score (nSPS) is 12.6. The van der Waals surface area contributed by atoms with Gasteiger partial charge in [-0.05, 0) is 64.2 Å². The largest absolute Gasteiger partial charge is 0.466 e. The maximum absolute atomic E-state index is 12.5. The van der Waals surface area contributed by atoms with Crippen LogP contribution in [0.15, 0.2) is 36.5 Å². The number of unbranched alkanes of at least 4 members (excludes halogenated alkanes) is 62. The third-order valence-electron chi connectivity index (χ3n) is 19.2. The summed E-state index contributed by atoms with van der Waals surface area (Å²) in [6.45, 7) is 4.95. The molecule has 6 heteroatoms. The van der Waals surface area contributed by atoms with Gasteiger partial charge in [0.2, 0.25) is 5.91 Å². The highest BCUT2D eigenvalue weighted by molar-refractivity contribution is 5.76. The average molecular weight is 1250 g/mol. The van der Waals surface area contributed by atoms with Gasteiger partial charge in [-0.2, -0.15) is 0 Å². The lowest BCUT2D eigenvalue weighted by atomic mass is 10.0. The van der Waals surface area contributed by atoms with Gasteiger partial charge in [0, 0.05) is 12.8 Å². The zero-order valence-electron chi connectivity index (χ0n) is 60.4. The van der Waals surface area contributed by atoms with Crippen molar-refractivity contribution in [2.75, 3.05) is 13.2 Å². The van der Waals surface area contributed by atoms with Gasteiger partial charge in [0.05, 0.1) is 25.4 Å². The molecule has 0 radical (unpaired) electrons. The standard InChI is InChI=1S/C83H159NO5/c1-3-5-7-9-11-13-15-17-19-20-42-46-49-53-57-61-65-69-73-77-83(88)89-78-74-70-66-62-58-54-50-47-44-41-39-37-35-33-31-29-27-25-23-21-22-24-26-28-30-32-34-36-38-40-43-45-48-52-56-60-64-68-72-76-82(87)84-80(79-85)81(86)75-71-67-63-59-55-51-18-16-14-12-10-8-6-4-2/h21-22,25,27,71,75,80-81,85-86H,3-20,23-24,26,28-70,72-74,76-79H2,1-2H3,(H,84,87)/b22-21-,27-25-,75-71+. The fourth-order valence-corrected chi connectivity index (χ4v) is 13.0. The highest BCUT2D eigenvalue weighted by Crippen LogP contribution is 2.20. The number of aliphatic hydroxyl groups excluding tert-OH is 2. The number of amides is 1. The van der Waals surface area contributed by atoms with Crippen LogP contribution in [0.2, 0.25) is 0 Å². The van der Waals surface area contributed by atoms with Crippen LogP contribution in [0.1, 0.15) is 457 Å². The molecule has 2 atom stereocenters. The van der Waals surface area contributed by atoms with E-state index in [-0.39, 0.29) is 18.5 Å². The minimum absolute atomic E-state index is 0.0258. The van der Waals surface area contributed by atoms with E-state index in [1.807, 2.05) is 6.08 Å². The van der Waals surface area contributed by atoms with Crippen molar-refractivity contribution < 1.29 is 24.5 Å². The van der Waals surface area contributed by atoms with Crippen LogP contribution >= 0.6 is 0 Å². The number of nitrogens with one attached hydrogen (secondary N) is 1. The third-order valence-corrected chi connectivity index (χ3v) is 19.2. The first-order valence-electron chi connectivity index (χ1n) is 40.8. The SMILES string of the molecule is CCCCCCCCCCCCCC/C=C/C(O)C(CO)NC(=O)CCCCCCCCCCCCCCCCCCC/C=C\C/C=C\CCCCCCCCCCCCCCCCCOC(=O)CCCCCCCCCCCCCCCCCCCCC. The Morgan fingerprint density at radius 2 is 0.562 bits per heavy atom. The second kappa shape index (κ2) is 78.5. The molecule has 2 unspecified atom stereocenters. The quantitative estimate of drug-likeness (QED) is 0.0320. The van der Waals surface area contributed by atoms with Gasteiger partial charge in [-0.1, -0.05) is 416 Å². The number of rotatable bonds is 77. The first kappa shape index (κ1) is 87.1.